The van der Waals surface area contributed by atoms with Crippen LogP contribution in [0.25, 0.3) is 21.7 Å². The first-order valence-corrected chi connectivity index (χ1v) is 4.44. The van der Waals surface area contributed by atoms with E-state index in [1.54, 1.807) is 6.20 Å². The van der Waals surface area contributed by atoms with Crippen LogP contribution in [0.5, 0.6) is 0 Å². The van der Waals surface area contributed by atoms with Gasteiger partial charge in [0, 0.05) is 23.2 Å². The van der Waals surface area contributed by atoms with Crippen molar-refractivity contribution in [1.82, 2.24) is 9.97 Å². The summed E-state index contributed by atoms with van der Waals surface area (Å²) in [5.74, 6) is 0. The van der Waals surface area contributed by atoms with Gasteiger partial charge in [-0.15, -0.1) is 0 Å². The van der Waals surface area contributed by atoms with Crippen LogP contribution in [-0.4, -0.2) is 9.97 Å². The number of hydrogen-bond acceptors (Lipinski definition) is 1. The van der Waals surface area contributed by atoms with Crippen LogP contribution < -0.4 is 5.56 Å². The molecule has 68 valence electrons. The molecule has 0 amide bonds. The Labute approximate surface area is 79.4 Å². The molecule has 0 aliphatic rings. The maximum Gasteiger partial charge on any atom is 0.256 e. The molecule has 2 N–H and O–H groups in total. The van der Waals surface area contributed by atoms with Gasteiger partial charge in [-0.1, -0.05) is 18.2 Å². The van der Waals surface area contributed by atoms with Crippen molar-refractivity contribution in [2.24, 2.45) is 0 Å². The molecule has 0 aliphatic heterocycles. The number of nitrogens with one attached hydrogen (secondary N) is 2. The maximum absolute atomic E-state index is 11.6. The van der Waals surface area contributed by atoms with Gasteiger partial charge in [-0.25, -0.2) is 0 Å². The Kier molecular flexibility index (Phi) is 1.31. The Bertz CT molecular complexity index is 663. The lowest BCUT2D eigenvalue weighted by Crippen LogP contribution is -2.04. The van der Waals surface area contributed by atoms with Gasteiger partial charge in [-0.05, 0) is 11.5 Å². The Hall–Kier alpha value is -2.03. The van der Waals surface area contributed by atoms with E-state index in [0.717, 1.165) is 21.7 Å². The van der Waals surface area contributed by atoms with E-state index in [0.29, 0.717) is 0 Å². The third-order valence-corrected chi connectivity index (χ3v) is 2.46. The molecule has 3 rings (SSSR count). The quantitative estimate of drug-likeness (QED) is 0.551. The first-order chi connectivity index (χ1) is 6.86. The number of pyridine rings is 1. The highest BCUT2D eigenvalue weighted by atomic mass is 16.1. The molecule has 0 spiro atoms. The first kappa shape index (κ1) is 7.38. The predicted octanol–water partition coefficient (Wildman–Crippen LogP) is 2.01. The van der Waals surface area contributed by atoms with E-state index >= 15 is 0 Å². The summed E-state index contributed by atoms with van der Waals surface area (Å²) in [6, 6.07) is 7.60. The molecule has 3 aromatic rings. The Morgan fingerprint density at radius 2 is 1.71 bits per heavy atom. The molecule has 3 heteroatoms. The van der Waals surface area contributed by atoms with Crippen molar-refractivity contribution < 1.29 is 0 Å². The highest BCUT2D eigenvalue weighted by Crippen LogP contribution is 2.19. The average Bonchev–Trinajstić information content (AvgIpc) is 2.66. The number of hydrogen-bond donors (Lipinski definition) is 2. The molecule has 3 nitrogen and oxygen atoms in total. The maximum atomic E-state index is 11.6. The molecular formula is C11H8N2O. The Morgan fingerprint density at radius 1 is 0.929 bits per heavy atom. The smallest absolute Gasteiger partial charge is 0.256 e. The van der Waals surface area contributed by atoms with E-state index in [2.05, 4.69) is 9.97 Å². The first-order valence-electron chi connectivity index (χ1n) is 4.44. The largest absolute Gasteiger partial charge is 0.365 e. The van der Waals surface area contributed by atoms with E-state index in [1.807, 2.05) is 30.5 Å². The van der Waals surface area contributed by atoms with Gasteiger partial charge in [0.25, 0.3) is 5.56 Å². The number of aromatic nitrogens is 2. The van der Waals surface area contributed by atoms with Crippen molar-refractivity contribution in [3.8, 4) is 0 Å². The molecule has 1 aromatic carbocycles. The normalized spacial score (nSPS) is 11.1. The number of benzene rings is 1. The fraction of sp³-hybridized carbons (Fsp3) is 0. The number of aromatic amines is 2. The summed E-state index contributed by atoms with van der Waals surface area (Å²) in [5, 5.41) is 2.78. The van der Waals surface area contributed by atoms with Gasteiger partial charge >= 0.3 is 0 Å². The molecule has 2 aromatic heterocycles. The van der Waals surface area contributed by atoms with Crippen molar-refractivity contribution in [2.45, 2.75) is 0 Å². The number of rotatable bonds is 0. The number of fused-ring (bicyclic) bond motifs is 3. The molecule has 2 heterocycles. The average molecular weight is 184 g/mol. The van der Waals surface area contributed by atoms with Crippen molar-refractivity contribution in [3.05, 3.63) is 47.0 Å². The van der Waals surface area contributed by atoms with Crippen LogP contribution >= 0.6 is 0 Å². The highest BCUT2D eigenvalue weighted by Gasteiger charge is 2.03. The third-order valence-electron chi connectivity index (χ3n) is 2.46. The zero-order valence-electron chi connectivity index (χ0n) is 7.37. The standard InChI is InChI=1S/C11H8N2O/c14-11-8-4-2-1-3-7(8)9-5-12-6-10(9)13-11/h1-6,12H,(H,13,14). The molecular weight excluding hydrogens is 176 g/mol. The minimum atomic E-state index is -0.0345. The summed E-state index contributed by atoms with van der Waals surface area (Å²) >= 11 is 0. The Morgan fingerprint density at radius 3 is 2.57 bits per heavy atom. The molecule has 0 bridgehead atoms. The zero-order chi connectivity index (χ0) is 9.54. The summed E-state index contributed by atoms with van der Waals surface area (Å²) in [4.78, 5) is 17.4. The van der Waals surface area contributed by atoms with Gasteiger partial charge in [0.1, 0.15) is 0 Å². The molecule has 0 saturated carbocycles. The van der Waals surface area contributed by atoms with Gasteiger partial charge in [0.2, 0.25) is 0 Å². The van der Waals surface area contributed by atoms with Crippen molar-refractivity contribution in [2.75, 3.05) is 0 Å². The second-order valence-corrected chi connectivity index (χ2v) is 3.28. The summed E-state index contributed by atoms with van der Waals surface area (Å²) in [5.41, 5.74) is 0.821. The molecule has 0 unspecified atom stereocenters. The van der Waals surface area contributed by atoms with E-state index in [9.17, 15) is 4.79 Å². The molecule has 14 heavy (non-hydrogen) atoms. The fourth-order valence-corrected chi connectivity index (χ4v) is 1.80. The molecule has 0 aliphatic carbocycles. The molecule has 0 atom stereocenters. The molecule has 0 fully saturated rings. The zero-order valence-corrected chi connectivity index (χ0v) is 7.37. The lowest BCUT2D eigenvalue weighted by molar-refractivity contribution is 1.34. The van der Waals surface area contributed by atoms with Gasteiger partial charge in [-0.3, -0.25) is 4.79 Å². The van der Waals surface area contributed by atoms with Crippen LogP contribution in [0.15, 0.2) is 41.5 Å². The SMILES string of the molecule is O=c1[nH]c2c[nH]cc2c2ccccc12. The molecule has 0 saturated heterocycles. The van der Waals surface area contributed by atoms with Crippen LogP contribution in [0, 0.1) is 0 Å². The highest BCUT2D eigenvalue weighted by molar-refractivity contribution is 6.04. The number of H-pyrrole nitrogens is 2. The van der Waals surface area contributed by atoms with Crippen LogP contribution in [0.4, 0.5) is 0 Å². The summed E-state index contributed by atoms with van der Waals surface area (Å²) in [6.45, 7) is 0. The van der Waals surface area contributed by atoms with Crippen LogP contribution in [0.3, 0.4) is 0 Å². The van der Waals surface area contributed by atoms with Gasteiger partial charge < -0.3 is 9.97 Å². The minimum absolute atomic E-state index is 0.0345. The molecule has 0 radical (unpaired) electrons. The second kappa shape index (κ2) is 2.48. The van der Waals surface area contributed by atoms with Crippen LogP contribution in [-0.2, 0) is 0 Å². The van der Waals surface area contributed by atoms with Crippen molar-refractivity contribution in [1.29, 1.82) is 0 Å². The summed E-state index contributed by atoms with van der Waals surface area (Å²) in [7, 11) is 0. The minimum Gasteiger partial charge on any atom is -0.365 e. The van der Waals surface area contributed by atoms with Gasteiger partial charge in [-0.2, -0.15) is 0 Å². The van der Waals surface area contributed by atoms with Crippen molar-refractivity contribution in [3.63, 3.8) is 0 Å². The lowest BCUT2D eigenvalue weighted by Gasteiger charge is -1.97. The van der Waals surface area contributed by atoms with Crippen LogP contribution in [0.2, 0.25) is 0 Å². The van der Waals surface area contributed by atoms with Crippen LogP contribution in [0.1, 0.15) is 0 Å². The van der Waals surface area contributed by atoms with Crippen molar-refractivity contribution >= 4 is 21.7 Å². The lowest BCUT2D eigenvalue weighted by atomic mass is 10.1. The summed E-state index contributed by atoms with van der Waals surface area (Å²) < 4.78 is 0. The Balaban J connectivity index is 2.74. The van der Waals surface area contributed by atoms with Gasteiger partial charge in [0.05, 0.1) is 5.52 Å². The van der Waals surface area contributed by atoms with E-state index in [-0.39, 0.29) is 5.56 Å². The van der Waals surface area contributed by atoms with E-state index < -0.39 is 0 Å². The second-order valence-electron chi connectivity index (χ2n) is 3.28. The summed E-state index contributed by atoms with van der Waals surface area (Å²) in [6.07, 6.45) is 3.69. The topological polar surface area (TPSA) is 48.6 Å². The monoisotopic (exact) mass is 184 g/mol. The van der Waals surface area contributed by atoms with Gasteiger partial charge in [0.15, 0.2) is 0 Å². The van der Waals surface area contributed by atoms with E-state index in [4.69, 9.17) is 0 Å². The third kappa shape index (κ3) is 0.836. The fourth-order valence-electron chi connectivity index (χ4n) is 1.80. The van der Waals surface area contributed by atoms with E-state index in [1.165, 1.54) is 0 Å². The predicted molar refractivity (Wildman–Crippen MR) is 56.4 cm³/mol.